The molecule has 1 amide bonds. The lowest BCUT2D eigenvalue weighted by molar-refractivity contribution is -0.116. The fraction of sp³-hybridized carbons (Fsp3) is 0.440. The van der Waals surface area contributed by atoms with Crippen LogP contribution in [0.1, 0.15) is 64.2 Å². The third kappa shape index (κ3) is 4.59. The third-order valence-electron chi connectivity index (χ3n) is 6.44. The Morgan fingerprint density at radius 2 is 1.86 bits per heavy atom. The summed E-state index contributed by atoms with van der Waals surface area (Å²) in [5.74, 6) is 0.824. The van der Waals surface area contributed by atoms with Crippen LogP contribution in [-0.2, 0) is 11.2 Å². The first kappa shape index (κ1) is 19.8. The van der Waals surface area contributed by atoms with Crippen molar-refractivity contribution in [1.82, 2.24) is 4.90 Å². The number of hydrogen-bond donors (Lipinski definition) is 1. The number of nitrogens with zero attached hydrogens (tertiary/aromatic N) is 1. The van der Waals surface area contributed by atoms with Crippen LogP contribution < -0.4 is 5.32 Å². The summed E-state index contributed by atoms with van der Waals surface area (Å²) >= 11 is 0. The number of rotatable bonds is 5. The minimum absolute atomic E-state index is 0.0359. The van der Waals surface area contributed by atoms with Crippen LogP contribution in [0.25, 0.3) is 0 Å². The maximum absolute atomic E-state index is 12.7. The van der Waals surface area contributed by atoms with E-state index in [1.54, 1.807) is 0 Å². The van der Waals surface area contributed by atoms with Crippen molar-refractivity contribution in [3.05, 3.63) is 64.2 Å². The number of Topliss-reactive ketones (excluding diaryl/α,β-unsaturated/α-hetero) is 1. The van der Waals surface area contributed by atoms with Crippen molar-refractivity contribution in [2.24, 2.45) is 0 Å². The van der Waals surface area contributed by atoms with E-state index in [9.17, 15) is 9.59 Å². The van der Waals surface area contributed by atoms with Crippen molar-refractivity contribution in [3.63, 3.8) is 0 Å². The SMILES string of the molecule is Cc1ccc(C2CCN(CCC(=O)c3ccc4c(c3)NC(=O)CC4)CC2)c(C)c1. The van der Waals surface area contributed by atoms with Gasteiger partial charge in [-0.15, -0.1) is 0 Å². The van der Waals surface area contributed by atoms with Gasteiger partial charge in [0, 0.05) is 30.6 Å². The molecule has 1 saturated heterocycles. The van der Waals surface area contributed by atoms with Crippen LogP contribution in [0.15, 0.2) is 36.4 Å². The van der Waals surface area contributed by atoms with Crippen LogP contribution in [0.2, 0.25) is 0 Å². The van der Waals surface area contributed by atoms with E-state index >= 15 is 0 Å². The molecule has 0 aromatic heterocycles. The average Bonchev–Trinajstić information content (AvgIpc) is 2.72. The summed E-state index contributed by atoms with van der Waals surface area (Å²) in [5, 5.41) is 2.89. The molecule has 0 bridgehead atoms. The number of ketones is 1. The predicted octanol–water partition coefficient (Wildman–Crippen LogP) is 4.64. The molecule has 152 valence electrons. The molecule has 29 heavy (non-hydrogen) atoms. The normalized spacial score (nSPS) is 17.7. The van der Waals surface area contributed by atoms with Gasteiger partial charge in [0.15, 0.2) is 5.78 Å². The lowest BCUT2D eigenvalue weighted by Gasteiger charge is -2.32. The van der Waals surface area contributed by atoms with Crippen molar-refractivity contribution >= 4 is 17.4 Å². The summed E-state index contributed by atoms with van der Waals surface area (Å²) < 4.78 is 0. The number of hydrogen-bond acceptors (Lipinski definition) is 3. The van der Waals surface area contributed by atoms with Crippen LogP contribution in [0.4, 0.5) is 5.69 Å². The molecule has 1 fully saturated rings. The summed E-state index contributed by atoms with van der Waals surface area (Å²) in [6.45, 7) is 7.26. The highest BCUT2D eigenvalue weighted by atomic mass is 16.1. The number of amides is 1. The van der Waals surface area contributed by atoms with Gasteiger partial charge in [-0.2, -0.15) is 0 Å². The monoisotopic (exact) mass is 390 g/mol. The van der Waals surface area contributed by atoms with Crippen LogP contribution in [0.3, 0.4) is 0 Å². The summed E-state index contributed by atoms with van der Waals surface area (Å²) in [7, 11) is 0. The molecular formula is C25H30N2O2. The van der Waals surface area contributed by atoms with E-state index in [1.807, 2.05) is 18.2 Å². The second kappa shape index (κ2) is 8.50. The van der Waals surface area contributed by atoms with Gasteiger partial charge in [0.25, 0.3) is 0 Å². The molecule has 2 heterocycles. The van der Waals surface area contributed by atoms with Crippen molar-refractivity contribution in [2.75, 3.05) is 25.0 Å². The summed E-state index contributed by atoms with van der Waals surface area (Å²) in [6, 6.07) is 12.5. The zero-order valence-electron chi connectivity index (χ0n) is 17.5. The van der Waals surface area contributed by atoms with E-state index in [-0.39, 0.29) is 11.7 Å². The van der Waals surface area contributed by atoms with Gasteiger partial charge in [0.1, 0.15) is 0 Å². The van der Waals surface area contributed by atoms with Crippen molar-refractivity contribution in [2.45, 2.75) is 51.9 Å². The average molecular weight is 391 g/mol. The Balaban J connectivity index is 1.30. The third-order valence-corrected chi connectivity index (χ3v) is 6.44. The molecule has 2 aromatic carbocycles. The minimum Gasteiger partial charge on any atom is -0.326 e. The predicted molar refractivity (Wildman–Crippen MR) is 117 cm³/mol. The number of aryl methyl sites for hydroxylation is 3. The Morgan fingerprint density at radius 3 is 2.62 bits per heavy atom. The maximum atomic E-state index is 12.7. The largest absolute Gasteiger partial charge is 0.326 e. The highest BCUT2D eigenvalue weighted by Crippen LogP contribution is 2.31. The van der Waals surface area contributed by atoms with Gasteiger partial charge in [-0.25, -0.2) is 0 Å². The number of piperidine rings is 1. The zero-order chi connectivity index (χ0) is 20.4. The van der Waals surface area contributed by atoms with Crippen LogP contribution in [0, 0.1) is 13.8 Å². The van der Waals surface area contributed by atoms with Gasteiger partial charge < -0.3 is 10.2 Å². The Kier molecular flexibility index (Phi) is 5.81. The molecule has 0 radical (unpaired) electrons. The van der Waals surface area contributed by atoms with Gasteiger partial charge >= 0.3 is 0 Å². The van der Waals surface area contributed by atoms with E-state index in [0.29, 0.717) is 24.3 Å². The number of carbonyl (C=O) groups excluding carboxylic acids is 2. The molecule has 0 spiro atoms. The number of benzene rings is 2. The fourth-order valence-electron chi connectivity index (χ4n) is 4.70. The highest BCUT2D eigenvalue weighted by molar-refractivity contribution is 6.00. The first-order valence-electron chi connectivity index (χ1n) is 10.7. The fourth-order valence-corrected chi connectivity index (χ4v) is 4.70. The van der Waals surface area contributed by atoms with Crippen LogP contribution in [0.5, 0.6) is 0 Å². The second-order valence-electron chi connectivity index (χ2n) is 8.57. The van der Waals surface area contributed by atoms with Crippen molar-refractivity contribution in [3.8, 4) is 0 Å². The summed E-state index contributed by atoms with van der Waals surface area (Å²) in [5.41, 5.74) is 6.84. The summed E-state index contributed by atoms with van der Waals surface area (Å²) in [4.78, 5) is 26.7. The van der Waals surface area contributed by atoms with E-state index in [4.69, 9.17) is 0 Å². The second-order valence-corrected chi connectivity index (χ2v) is 8.57. The van der Waals surface area contributed by atoms with Gasteiger partial charge in [-0.1, -0.05) is 35.9 Å². The standard InChI is InChI=1S/C25H30N2O2/c1-17-3-7-22(18(2)15-17)19-9-12-27(13-10-19)14-11-24(28)21-5-4-20-6-8-25(29)26-23(20)16-21/h3-5,7,15-16,19H,6,8-14H2,1-2H3,(H,26,29). The summed E-state index contributed by atoms with van der Waals surface area (Å²) in [6.07, 6.45) is 4.12. The number of fused-ring (bicyclic) bond motifs is 1. The van der Waals surface area contributed by atoms with Gasteiger partial charge in [0.05, 0.1) is 0 Å². The van der Waals surface area contributed by atoms with E-state index in [0.717, 1.165) is 50.1 Å². The molecule has 0 atom stereocenters. The van der Waals surface area contributed by atoms with Gasteiger partial charge in [0.2, 0.25) is 5.91 Å². The number of likely N-dealkylation sites (tertiary alicyclic amines) is 1. The van der Waals surface area contributed by atoms with Gasteiger partial charge in [-0.05, 0) is 74.9 Å². The highest BCUT2D eigenvalue weighted by Gasteiger charge is 2.22. The first-order valence-corrected chi connectivity index (χ1v) is 10.7. The quantitative estimate of drug-likeness (QED) is 0.757. The molecule has 4 heteroatoms. The maximum Gasteiger partial charge on any atom is 0.224 e. The number of anilines is 1. The lowest BCUT2D eigenvalue weighted by atomic mass is 9.86. The smallest absolute Gasteiger partial charge is 0.224 e. The lowest BCUT2D eigenvalue weighted by Crippen LogP contribution is -2.34. The Hall–Kier alpha value is -2.46. The van der Waals surface area contributed by atoms with E-state index < -0.39 is 0 Å². The molecule has 4 nitrogen and oxygen atoms in total. The van der Waals surface area contributed by atoms with Crippen LogP contribution in [-0.4, -0.2) is 36.2 Å². The zero-order valence-corrected chi connectivity index (χ0v) is 17.5. The molecule has 0 saturated carbocycles. The molecule has 2 aliphatic heterocycles. The van der Waals surface area contributed by atoms with Crippen molar-refractivity contribution < 1.29 is 9.59 Å². The van der Waals surface area contributed by atoms with E-state index in [2.05, 4.69) is 42.3 Å². The molecule has 1 N–H and O–H groups in total. The van der Waals surface area contributed by atoms with Crippen LogP contribution >= 0.6 is 0 Å². The molecular weight excluding hydrogens is 360 g/mol. The Morgan fingerprint density at radius 1 is 1.07 bits per heavy atom. The van der Waals surface area contributed by atoms with Crippen molar-refractivity contribution in [1.29, 1.82) is 0 Å². The molecule has 0 unspecified atom stereocenters. The van der Waals surface area contributed by atoms with Gasteiger partial charge in [-0.3, -0.25) is 9.59 Å². The Bertz CT molecular complexity index is 926. The number of carbonyl (C=O) groups is 2. The molecule has 4 rings (SSSR count). The first-order chi connectivity index (χ1) is 14.0. The number of nitrogens with one attached hydrogen (secondary N) is 1. The molecule has 0 aliphatic carbocycles. The Labute approximate surface area is 173 Å². The van der Waals surface area contributed by atoms with E-state index in [1.165, 1.54) is 16.7 Å². The minimum atomic E-state index is 0.0359. The molecule has 2 aromatic rings. The topological polar surface area (TPSA) is 49.4 Å². The molecule has 2 aliphatic rings.